The fraction of sp³-hybridized carbons (Fsp3) is 0.750. The van der Waals surface area contributed by atoms with Crippen molar-refractivity contribution >= 4 is 11.3 Å². The van der Waals surface area contributed by atoms with Gasteiger partial charge in [-0.3, -0.25) is 0 Å². The van der Waals surface area contributed by atoms with Gasteiger partial charge in [-0.25, -0.2) is 0 Å². The third-order valence-corrected chi connectivity index (χ3v) is 6.10. The molecule has 1 spiro atoms. The number of rotatable bonds is 3. The minimum atomic E-state index is -0.365. The Morgan fingerprint density at radius 2 is 1.78 bits per heavy atom. The summed E-state index contributed by atoms with van der Waals surface area (Å²) < 4.78 is 0. The molecule has 1 N–H and O–H groups in total. The minimum absolute atomic E-state index is 0.365. The molecule has 0 aliphatic heterocycles. The first kappa shape index (κ1) is 12.7. The highest BCUT2D eigenvalue weighted by molar-refractivity contribution is 7.07. The first-order valence-electron chi connectivity index (χ1n) is 7.43. The molecule has 1 aromatic rings. The van der Waals surface area contributed by atoms with Crippen LogP contribution in [0.15, 0.2) is 16.8 Å². The van der Waals surface area contributed by atoms with Crippen LogP contribution in [0.3, 0.4) is 0 Å². The molecular formula is C16H24OS. The van der Waals surface area contributed by atoms with Crippen LogP contribution >= 0.6 is 11.3 Å². The first-order valence-corrected chi connectivity index (χ1v) is 8.38. The number of thiophene rings is 1. The normalized spacial score (nSPS) is 25.6. The monoisotopic (exact) mass is 264 g/mol. The molecule has 1 nitrogen and oxygen atoms in total. The van der Waals surface area contributed by atoms with Crippen molar-refractivity contribution in [2.24, 2.45) is 5.41 Å². The van der Waals surface area contributed by atoms with E-state index in [-0.39, 0.29) is 5.60 Å². The van der Waals surface area contributed by atoms with E-state index in [1.54, 1.807) is 11.3 Å². The van der Waals surface area contributed by atoms with Crippen LogP contribution in [-0.4, -0.2) is 10.7 Å². The molecule has 1 aromatic heterocycles. The van der Waals surface area contributed by atoms with Crippen molar-refractivity contribution in [1.82, 2.24) is 0 Å². The lowest BCUT2D eigenvalue weighted by atomic mass is 9.66. The first-order chi connectivity index (χ1) is 8.70. The van der Waals surface area contributed by atoms with Crippen molar-refractivity contribution in [3.63, 3.8) is 0 Å². The van der Waals surface area contributed by atoms with Crippen LogP contribution in [0.1, 0.15) is 63.4 Å². The molecule has 0 unspecified atom stereocenters. The van der Waals surface area contributed by atoms with E-state index in [0.29, 0.717) is 5.41 Å². The molecule has 2 saturated carbocycles. The van der Waals surface area contributed by atoms with Gasteiger partial charge in [0.05, 0.1) is 5.60 Å². The summed E-state index contributed by atoms with van der Waals surface area (Å²) in [5, 5.41) is 15.1. The Bertz CT molecular complexity index is 366. The highest BCUT2D eigenvalue weighted by Crippen LogP contribution is 2.51. The summed E-state index contributed by atoms with van der Waals surface area (Å²) in [5.41, 5.74) is 1.67. The molecule has 0 saturated heterocycles. The predicted molar refractivity (Wildman–Crippen MR) is 77.0 cm³/mol. The SMILES string of the molecule is OC1(CCc2ccsc2)CCC2(CCCC2)CC1. The zero-order chi connectivity index (χ0) is 12.5. The quantitative estimate of drug-likeness (QED) is 0.849. The standard InChI is InChI=1S/C16H24OS/c17-16(7-3-14-4-12-18-13-14)10-8-15(9-11-16)5-1-2-6-15/h4,12-13,17H,1-3,5-11H2. The molecule has 0 radical (unpaired) electrons. The molecule has 100 valence electrons. The van der Waals surface area contributed by atoms with E-state index in [1.807, 2.05) is 0 Å². The van der Waals surface area contributed by atoms with Gasteiger partial charge in [0.2, 0.25) is 0 Å². The number of hydrogen-bond acceptors (Lipinski definition) is 2. The zero-order valence-corrected chi connectivity index (χ0v) is 12.0. The van der Waals surface area contributed by atoms with E-state index in [2.05, 4.69) is 16.8 Å². The van der Waals surface area contributed by atoms with Crippen LogP contribution in [0.4, 0.5) is 0 Å². The van der Waals surface area contributed by atoms with Crippen LogP contribution < -0.4 is 0 Å². The van der Waals surface area contributed by atoms with Gasteiger partial charge in [-0.1, -0.05) is 12.8 Å². The number of aryl methyl sites for hydroxylation is 1. The second-order valence-electron chi connectivity index (χ2n) is 6.56. The van der Waals surface area contributed by atoms with Crippen molar-refractivity contribution in [2.45, 2.75) is 69.8 Å². The van der Waals surface area contributed by atoms with Crippen LogP contribution in [0.25, 0.3) is 0 Å². The van der Waals surface area contributed by atoms with Crippen LogP contribution in [0.5, 0.6) is 0 Å². The van der Waals surface area contributed by atoms with E-state index in [1.165, 1.54) is 44.1 Å². The highest BCUT2D eigenvalue weighted by atomic mass is 32.1. The summed E-state index contributed by atoms with van der Waals surface area (Å²) in [4.78, 5) is 0. The summed E-state index contributed by atoms with van der Waals surface area (Å²) in [6.07, 6.45) is 12.3. The maximum atomic E-state index is 10.7. The Kier molecular flexibility index (Phi) is 3.50. The smallest absolute Gasteiger partial charge is 0.0651 e. The minimum Gasteiger partial charge on any atom is -0.390 e. The molecule has 0 aromatic carbocycles. The average molecular weight is 264 g/mol. The molecule has 2 fully saturated rings. The zero-order valence-electron chi connectivity index (χ0n) is 11.2. The number of hydrogen-bond donors (Lipinski definition) is 1. The Hall–Kier alpha value is -0.340. The van der Waals surface area contributed by atoms with Crippen molar-refractivity contribution in [1.29, 1.82) is 0 Å². The van der Waals surface area contributed by atoms with Crippen molar-refractivity contribution < 1.29 is 5.11 Å². The molecule has 0 amide bonds. The topological polar surface area (TPSA) is 20.2 Å². The van der Waals surface area contributed by atoms with E-state index in [9.17, 15) is 5.11 Å². The molecule has 2 aliphatic carbocycles. The maximum absolute atomic E-state index is 10.7. The summed E-state index contributed by atoms with van der Waals surface area (Å²) in [7, 11) is 0. The molecule has 3 rings (SSSR count). The van der Waals surface area contributed by atoms with Crippen LogP contribution in [0, 0.1) is 5.41 Å². The molecule has 18 heavy (non-hydrogen) atoms. The lowest BCUT2D eigenvalue weighted by molar-refractivity contribution is -0.0385. The highest BCUT2D eigenvalue weighted by Gasteiger charge is 2.42. The van der Waals surface area contributed by atoms with Gasteiger partial charge in [0.1, 0.15) is 0 Å². The molecule has 2 aliphatic rings. The fourth-order valence-corrected chi connectivity index (χ4v) is 4.64. The number of aliphatic hydroxyl groups is 1. The summed E-state index contributed by atoms with van der Waals surface area (Å²) in [5.74, 6) is 0. The van der Waals surface area contributed by atoms with Crippen LogP contribution in [-0.2, 0) is 6.42 Å². The van der Waals surface area contributed by atoms with Gasteiger partial charge in [0.25, 0.3) is 0 Å². The van der Waals surface area contributed by atoms with Crippen molar-refractivity contribution in [2.75, 3.05) is 0 Å². The van der Waals surface area contributed by atoms with Gasteiger partial charge in [-0.2, -0.15) is 11.3 Å². The predicted octanol–water partition coefficient (Wildman–Crippen LogP) is 4.55. The Labute approximate surface area is 114 Å². The molecule has 0 bridgehead atoms. The Morgan fingerprint density at radius 1 is 1.06 bits per heavy atom. The van der Waals surface area contributed by atoms with Gasteiger partial charge in [-0.15, -0.1) is 0 Å². The van der Waals surface area contributed by atoms with E-state index in [4.69, 9.17) is 0 Å². The second-order valence-corrected chi connectivity index (χ2v) is 7.34. The molecule has 2 heteroatoms. The summed E-state index contributed by atoms with van der Waals surface area (Å²) >= 11 is 1.76. The van der Waals surface area contributed by atoms with Gasteiger partial charge in [0, 0.05) is 0 Å². The van der Waals surface area contributed by atoms with E-state index in [0.717, 1.165) is 25.7 Å². The van der Waals surface area contributed by atoms with E-state index >= 15 is 0 Å². The average Bonchev–Trinajstić information content (AvgIpc) is 3.04. The van der Waals surface area contributed by atoms with Crippen molar-refractivity contribution in [3.05, 3.63) is 22.4 Å². The van der Waals surface area contributed by atoms with E-state index < -0.39 is 0 Å². The third-order valence-electron chi connectivity index (χ3n) is 5.36. The maximum Gasteiger partial charge on any atom is 0.0651 e. The lowest BCUT2D eigenvalue weighted by Crippen LogP contribution is -2.38. The van der Waals surface area contributed by atoms with Gasteiger partial charge in [-0.05, 0) is 79.2 Å². The van der Waals surface area contributed by atoms with Crippen molar-refractivity contribution in [3.8, 4) is 0 Å². The molecular weight excluding hydrogens is 240 g/mol. The lowest BCUT2D eigenvalue weighted by Gasteiger charge is -2.42. The Morgan fingerprint density at radius 3 is 2.39 bits per heavy atom. The molecule has 1 heterocycles. The fourth-order valence-electron chi connectivity index (χ4n) is 3.93. The second kappa shape index (κ2) is 4.97. The van der Waals surface area contributed by atoms with Crippen LogP contribution in [0.2, 0.25) is 0 Å². The Balaban J connectivity index is 1.53. The van der Waals surface area contributed by atoms with Gasteiger partial charge < -0.3 is 5.11 Å². The van der Waals surface area contributed by atoms with Gasteiger partial charge in [0.15, 0.2) is 0 Å². The molecule has 0 atom stereocenters. The third kappa shape index (κ3) is 2.65. The largest absolute Gasteiger partial charge is 0.390 e. The summed E-state index contributed by atoms with van der Waals surface area (Å²) in [6.45, 7) is 0. The van der Waals surface area contributed by atoms with Gasteiger partial charge >= 0.3 is 0 Å². The summed E-state index contributed by atoms with van der Waals surface area (Å²) in [6, 6.07) is 2.19.